The van der Waals surface area contributed by atoms with Crippen molar-refractivity contribution in [1.82, 2.24) is 4.57 Å². The highest BCUT2D eigenvalue weighted by atomic mass is 16.6. The van der Waals surface area contributed by atoms with Gasteiger partial charge in [0.25, 0.3) is 5.56 Å². The summed E-state index contributed by atoms with van der Waals surface area (Å²) >= 11 is 0. The summed E-state index contributed by atoms with van der Waals surface area (Å²) in [5.41, 5.74) is -0.0228. The van der Waals surface area contributed by atoms with E-state index >= 15 is 0 Å². The highest BCUT2D eigenvalue weighted by molar-refractivity contribution is 5.97. The lowest BCUT2D eigenvalue weighted by Crippen LogP contribution is -2.25. The fraction of sp³-hybridized carbons (Fsp3) is 0.211. The summed E-state index contributed by atoms with van der Waals surface area (Å²) < 4.78 is 11.5. The number of pyridine rings is 1. The molecule has 0 fully saturated rings. The lowest BCUT2D eigenvalue weighted by atomic mass is 10.0. The van der Waals surface area contributed by atoms with Gasteiger partial charge in [0.2, 0.25) is 0 Å². The molecular formula is C19H18N2O6. The molecule has 0 atom stereocenters. The van der Waals surface area contributed by atoms with E-state index in [0.717, 1.165) is 0 Å². The van der Waals surface area contributed by atoms with E-state index in [1.165, 1.54) is 30.9 Å². The summed E-state index contributed by atoms with van der Waals surface area (Å²) in [5, 5.41) is 21.7. The predicted octanol–water partition coefficient (Wildman–Crippen LogP) is 2.59. The Labute approximate surface area is 154 Å². The van der Waals surface area contributed by atoms with Crippen LogP contribution in [0.3, 0.4) is 0 Å². The van der Waals surface area contributed by atoms with Crippen LogP contribution >= 0.6 is 0 Å². The summed E-state index contributed by atoms with van der Waals surface area (Å²) in [4.78, 5) is 24.4. The van der Waals surface area contributed by atoms with E-state index < -0.39 is 10.5 Å². The zero-order valence-corrected chi connectivity index (χ0v) is 14.8. The maximum absolute atomic E-state index is 13.0. The number of ether oxygens (including phenoxy) is 2. The topological polar surface area (TPSA) is 104 Å². The van der Waals surface area contributed by atoms with Crippen LogP contribution in [0, 0.1) is 10.1 Å². The second kappa shape index (κ2) is 7.46. The number of nitrogens with zero attached hydrogens (tertiary/aromatic N) is 2. The van der Waals surface area contributed by atoms with Crippen LogP contribution in [-0.2, 0) is 6.54 Å². The van der Waals surface area contributed by atoms with Gasteiger partial charge in [-0.2, -0.15) is 0 Å². The molecule has 0 amide bonds. The average molecular weight is 370 g/mol. The second-order valence-electron chi connectivity index (χ2n) is 5.77. The highest BCUT2D eigenvalue weighted by Crippen LogP contribution is 2.36. The van der Waals surface area contributed by atoms with E-state index in [0.29, 0.717) is 17.1 Å². The minimum absolute atomic E-state index is 0.0752. The van der Waals surface area contributed by atoms with E-state index in [-0.39, 0.29) is 35.3 Å². The van der Waals surface area contributed by atoms with Gasteiger partial charge in [0, 0.05) is 12.1 Å². The van der Waals surface area contributed by atoms with Crippen molar-refractivity contribution in [2.45, 2.75) is 6.54 Å². The Morgan fingerprint density at radius 2 is 1.67 bits per heavy atom. The maximum Gasteiger partial charge on any atom is 0.301 e. The molecule has 8 nitrogen and oxygen atoms in total. The zero-order valence-electron chi connectivity index (χ0n) is 14.8. The number of benzene rings is 2. The molecule has 0 saturated carbocycles. The molecule has 0 aliphatic heterocycles. The van der Waals surface area contributed by atoms with Gasteiger partial charge in [0.15, 0.2) is 0 Å². The number of aromatic nitrogens is 1. The first-order valence-corrected chi connectivity index (χ1v) is 8.16. The smallest absolute Gasteiger partial charge is 0.301 e. The van der Waals surface area contributed by atoms with Crippen molar-refractivity contribution in [2.75, 3.05) is 20.8 Å². The maximum atomic E-state index is 13.0. The molecule has 3 rings (SSSR count). The van der Waals surface area contributed by atoms with Crippen molar-refractivity contribution < 1.29 is 19.5 Å². The van der Waals surface area contributed by atoms with Gasteiger partial charge in [-0.3, -0.25) is 19.5 Å². The third-order valence-electron chi connectivity index (χ3n) is 4.32. The quantitative estimate of drug-likeness (QED) is 0.528. The molecule has 0 aliphatic carbocycles. The lowest BCUT2D eigenvalue weighted by Gasteiger charge is -2.15. The van der Waals surface area contributed by atoms with Crippen molar-refractivity contribution in [1.29, 1.82) is 0 Å². The number of aliphatic hydroxyl groups excluding tert-OH is 1. The van der Waals surface area contributed by atoms with Crippen LogP contribution < -0.4 is 15.0 Å². The fourth-order valence-corrected chi connectivity index (χ4v) is 3.08. The fourth-order valence-electron chi connectivity index (χ4n) is 3.08. The van der Waals surface area contributed by atoms with Crippen LogP contribution in [0.1, 0.15) is 0 Å². The third kappa shape index (κ3) is 3.22. The Morgan fingerprint density at radius 3 is 2.22 bits per heavy atom. The van der Waals surface area contributed by atoms with Crippen molar-refractivity contribution in [3.63, 3.8) is 0 Å². The summed E-state index contributed by atoms with van der Waals surface area (Å²) in [5.74, 6) is 1.00. The molecule has 8 heteroatoms. The molecule has 0 unspecified atom stereocenters. The van der Waals surface area contributed by atoms with Crippen LogP contribution in [0.4, 0.5) is 5.69 Å². The number of fused-ring (bicyclic) bond motifs is 1. The Morgan fingerprint density at radius 1 is 1.04 bits per heavy atom. The normalized spacial score (nSPS) is 10.8. The van der Waals surface area contributed by atoms with E-state index in [1.807, 2.05) is 0 Å². The van der Waals surface area contributed by atoms with Gasteiger partial charge in [-0.1, -0.05) is 0 Å². The second-order valence-corrected chi connectivity index (χ2v) is 5.77. The summed E-state index contributed by atoms with van der Waals surface area (Å²) in [7, 11) is 2.97. The molecule has 140 valence electrons. The number of aliphatic hydroxyl groups is 1. The molecular weight excluding hydrogens is 352 g/mol. The predicted molar refractivity (Wildman–Crippen MR) is 100 cm³/mol. The van der Waals surface area contributed by atoms with Crippen LogP contribution in [0.5, 0.6) is 11.5 Å². The van der Waals surface area contributed by atoms with Gasteiger partial charge >= 0.3 is 5.69 Å². The van der Waals surface area contributed by atoms with Crippen LogP contribution in [0.25, 0.3) is 22.0 Å². The number of methoxy groups -OCH3 is 2. The monoisotopic (exact) mass is 370 g/mol. The minimum atomic E-state index is -0.512. The molecule has 0 saturated heterocycles. The molecule has 0 spiro atoms. The molecule has 0 radical (unpaired) electrons. The summed E-state index contributed by atoms with van der Waals surface area (Å²) in [6.45, 7) is -0.413. The van der Waals surface area contributed by atoms with Crippen molar-refractivity contribution in [3.05, 3.63) is 62.9 Å². The van der Waals surface area contributed by atoms with E-state index in [9.17, 15) is 20.0 Å². The molecule has 3 aromatic rings. The minimum Gasteiger partial charge on any atom is -0.497 e. The van der Waals surface area contributed by atoms with Gasteiger partial charge in [-0.25, -0.2) is 0 Å². The zero-order chi connectivity index (χ0) is 19.6. The first-order chi connectivity index (χ1) is 13.0. The third-order valence-corrected chi connectivity index (χ3v) is 4.32. The molecule has 1 aromatic heterocycles. The van der Waals surface area contributed by atoms with Gasteiger partial charge in [0.1, 0.15) is 17.2 Å². The Hall–Kier alpha value is -3.39. The van der Waals surface area contributed by atoms with Gasteiger partial charge in [-0.05, 0) is 42.5 Å². The SMILES string of the molecule is COc1ccc(-c2c([N+](=O)[O-])c3ccc(OC)cc3c(=O)n2CCO)cc1. The highest BCUT2D eigenvalue weighted by Gasteiger charge is 2.26. The van der Waals surface area contributed by atoms with Crippen molar-refractivity contribution >= 4 is 16.5 Å². The Bertz CT molecular complexity index is 1060. The lowest BCUT2D eigenvalue weighted by molar-refractivity contribution is -0.382. The number of nitro groups is 1. The number of hydrogen-bond donors (Lipinski definition) is 1. The standard InChI is InChI=1S/C19H18N2O6/c1-26-13-5-3-12(4-6-13)17-18(21(24)25)15-8-7-14(27-2)11-16(15)19(23)20(17)9-10-22/h3-8,11,22H,9-10H2,1-2H3. The first-order valence-electron chi connectivity index (χ1n) is 8.16. The molecule has 2 aromatic carbocycles. The molecule has 1 heterocycles. The molecule has 0 bridgehead atoms. The molecule has 1 N–H and O–H groups in total. The van der Waals surface area contributed by atoms with E-state index in [4.69, 9.17) is 9.47 Å². The van der Waals surface area contributed by atoms with Crippen molar-refractivity contribution in [3.8, 4) is 22.8 Å². The van der Waals surface area contributed by atoms with Crippen molar-refractivity contribution in [2.24, 2.45) is 0 Å². The number of rotatable bonds is 6. The largest absolute Gasteiger partial charge is 0.497 e. The van der Waals surface area contributed by atoms with E-state index in [1.54, 1.807) is 30.3 Å². The molecule has 27 heavy (non-hydrogen) atoms. The molecule has 0 aliphatic rings. The Kier molecular flexibility index (Phi) is 5.09. The van der Waals surface area contributed by atoms with Gasteiger partial charge in [0.05, 0.1) is 36.5 Å². The summed E-state index contributed by atoms with van der Waals surface area (Å²) in [6, 6.07) is 11.1. The average Bonchev–Trinajstić information content (AvgIpc) is 2.69. The summed E-state index contributed by atoms with van der Waals surface area (Å²) in [6.07, 6.45) is 0. The Balaban J connectivity index is 2.45. The van der Waals surface area contributed by atoms with Crippen LogP contribution in [-0.4, -0.2) is 35.4 Å². The van der Waals surface area contributed by atoms with Gasteiger partial charge in [-0.15, -0.1) is 0 Å². The van der Waals surface area contributed by atoms with E-state index in [2.05, 4.69) is 0 Å². The number of hydrogen-bond acceptors (Lipinski definition) is 6. The van der Waals surface area contributed by atoms with Crippen LogP contribution in [0.15, 0.2) is 47.3 Å². The van der Waals surface area contributed by atoms with Crippen LogP contribution in [0.2, 0.25) is 0 Å². The van der Waals surface area contributed by atoms with Gasteiger partial charge < -0.3 is 14.6 Å². The first kappa shape index (κ1) is 18.4.